The number of hydrogen-bond donors (Lipinski definition) is 0. The third kappa shape index (κ3) is 4.29. The molecule has 0 N–H and O–H groups in total. The Bertz CT molecular complexity index is 169. The molecule has 0 aromatic carbocycles. The highest BCUT2D eigenvalue weighted by Crippen LogP contribution is 1.87. The Morgan fingerprint density at radius 2 is 1.00 bits per heavy atom. The van der Waals surface area contributed by atoms with Gasteiger partial charge in [0.25, 0.3) is 0 Å². The normalized spacial score (nSPS) is 32.0. The minimum absolute atomic E-state index is 1.88. The van der Waals surface area contributed by atoms with Gasteiger partial charge in [-0.2, -0.15) is 0 Å². The predicted molar refractivity (Wildman–Crippen MR) is 53.5 cm³/mol. The topological polar surface area (TPSA) is 0 Å². The molecule has 1 aliphatic rings. The van der Waals surface area contributed by atoms with Crippen LogP contribution in [0.2, 0.25) is 0 Å². The van der Waals surface area contributed by atoms with Crippen molar-refractivity contribution in [3.05, 3.63) is 72.9 Å². The van der Waals surface area contributed by atoms with Crippen LogP contribution in [0.15, 0.2) is 66.8 Å². The molecule has 1 radical (unpaired) electrons. The molecule has 0 aromatic rings. The van der Waals surface area contributed by atoms with E-state index in [0.29, 0.717) is 0 Å². The maximum Gasteiger partial charge on any atom is -0.0184 e. The van der Waals surface area contributed by atoms with E-state index in [4.69, 9.17) is 0 Å². The van der Waals surface area contributed by atoms with Gasteiger partial charge in [0.2, 0.25) is 0 Å². The molecule has 0 saturated carbocycles. The molecular formula is C12H11. The zero-order valence-electron chi connectivity index (χ0n) is 6.85. The van der Waals surface area contributed by atoms with Crippen molar-refractivity contribution in [2.75, 3.05) is 0 Å². The van der Waals surface area contributed by atoms with Crippen LogP contribution < -0.4 is 0 Å². The first-order chi connectivity index (χ1) is 6.00. The lowest BCUT2D eigenvalue weighted by Crippen LogP contribution is -1.56. The van der Waals surface area contributed by atoms with Crippen molar-refractivity contribution in [1.29, 1.82) is 0 Å². The van der Waals surface area contributed by atoms with Gasteiger partial charge in [0.1, 0.15) is 0 Å². The summed E-state index contributed by atoms with van der Waals surface area (Å²) in [6, 6.07) is 0. The second-order valence-electron chi connectivity index (χ2n) is 2.23. The van der Waals surface area contributed by atoms with Crippen LogP contribution in [-0.2, 0) is 0 Å². The van der Waals surface area contributed by atoms with Crippen molar-refractivity contribution in [2.24, 2.45) is 0 Å². The Labute approximate surface area is 73.6 Å². The fourth-order valence-electron chi connectivity index (χ4n) is 0.727. The molecule has 0 atom stereocenters. The van der Waals surface area contributed by atoms with Crippen molar-refractivity contribution >= 4 is 0 Å². The summed E-state index contributed by atoms with van der Waals surface area (Å²) in [7, 11) is 0. The van der Waals surface area contributed by atoms with E-state index in [0.717, 1.165) is 0 Å². The largest absolute Gasteiger partial charge is 0.0623 e. The second kappa shape index (κ2) is 6.17. The summed E-state index contributed by atoms with van der Waals surface area (Å²) in [4.78, 5) is 0. The Morgan fingerprint density at radius 3 is 1.67 bits per heavy atom. The summed E-state index contributed by atoms with van der Waals surface area (Å²) in [6.07, 6.45) is 24.5. The Balaban J connectivity index is 2.67. The molecule has 0 fully saturated rings. The maximum atomic E-state index is 3.00. The Hall–Kier alpha value is -1.56. The van der Waals surface area contributed by atoms with Gasteiger partial charge < -0.3 is 0 Å². The molecule has 0 unspecified atom stereocenters. The van der Waals surface area contributed by atoms with Gasteiger partial charge in [-0.05, 0) is 6.08 Å². The molecule has 0 heterocycles. The predicted octanol–water partition coefficient (Wildman–Crippen LogP) is 3.14. The van der Waals surface area contributed by atoms with Gasteiger partial charge in [0.15, 0.2) is 0 Å². The van der Waals surface area contributed by atoms with E-state index in [9.17, 15) is 0 Å². The maximum absolute atomic E-state index is 3.00. The average molecular weight is 155 g/mol. The van der Waals surface area contributed by atoms with E-state index >= 15 is 0 Å². The van der Waals surface area contributed by atoms with Gasteiger partial charge in [-0.1, -0.05) is 66.8 Å². The molecular weight excluding hydrogens is 144 g/mol. The van der Waals surface area contributed by atoms with Crippen LogP contribution >= 0.6 is 0 Å². The summed E-state index contributed by atoms with van der Waals surface area (Å²) in [5, 5.41) is 0. The molecule has 12 heavy (non-hydrogen) atoms. The first kappa shape index (κ1) is 8.54. The fraction of sp³-hybridized carbons (Fsp3) is 0. The molecule has 0 saturated heterocycles. The van der Waals surface area contributed by atoms with Crippen molar-refractivity contribution in [1.82, 2.24) is 0 Å². The van der Waals surface area contributed by atoms with Crippen molar-refractivity contribution in [3.63, 3.8) is 0 Å². The molecule has 0 amide bonds. The number of allylic oxidation sites excluding steroid dienone is 12. The summed E-state index contributed by atoms with van der Waals surface area (Å²) in [5.74, 6) is 0. The lowest BCUT2D eigenvalue weighted by atomic mass is 10.3. The van der Waals surface area contributed by atoms with E-state index < -0.39 is 0 Å². The summed E-state index contributed by atoms with van der Waals surface area (Å²) in [6.45, 7) is 0. The van der Waals surface area contributed by atoms with Gasteiger partial charge in [-0.25, -0.2) is 0 Å². The van der Waals surface area contributed by atoms with Crippen LogP contribution in [0, 0.1) is 6.08 Å². The first-order valence-electron chi connectivity index (χ1n) is 3.91. The summed E-state index contributed by atoms with van der Waals surface area (Å²) >= 11 is 0. The lowest BCUT2D eigenvalue weighted by molar-refractivity contribution is 1.77. The Kier molecular flexibility index (Phi) is 4.39. The molecule has 59 valence electrons. The minimum atomic E-state index is 1.88. The van der Waals surface area contributed by atoms with Crippen LogP contribution in [0.4, 0.5) is 0 Å². The molecule has 1 aliphatic carbocycles. The van der Waals surface area contributed by atoms with Gasteiger partial charge in [0, 0.05) is 0 Å². The molecule has 0 spiro atoms. The van der Waals surface area contributed by atoms with E-state index in [1.165, 1.54) is 0 Å². The fourth-order valence-corrected chi connectivity index (χ4v) is 0.727. The zero-order chi connectivity index (χ0) is 8.49. The average Bonchev–Trinajstić information content (AvgIpc) is 2.05. The van der Waals surface area contributed by atoms with Gasteiger partial charge in [-0.15, -0.1) is 0 Å². The van der Waals surface area contributed by atoms with Crippen LogP contribution in [0.3, 0.4) is 0 Å². The molecule has 0 aliphatic heterocycles. The number of rotatable bonds is 0. The van der Waals surface area contributed by atoms with E-state index in [1.54, 1.807) is 0 Å². The highest BCUT2D eigenvalue weighted by atomic mass is 13.7. The minimum Gasteiger partial charge on any atom is -0.0623 e. The van der Waals surface area contributed by atoms with E-state index in [2.05, 4.69) is 6.08 Å². The molecule has 0 aromatic heterocycles. The lowest BCUT2D eigenvalue weighted by Gasteiger charge is -1.76. The van der Waals surface area contributed by atoms with Gasteiger partial charge in [0.05, 0.1) is 0 Å². The molecule has 0 bridgehead atoms. The van der Waals surface area contributed by atoms with E-state index in [1.807, 2.05) is 66.8 Å². The third-order valence-corrected chi connectivity index (χ3v) is 1.27. The summed E-state index contributed by atoms with van der Waals surface area (Å²) < 4.78 is 0. The SMILES string of the molecule is [C]1=C/C=C\C=C\C=C/C=C/C=C/1. The molecule has 0 heteroatoms. The van der Waals surface area contributed by atoms with Crippen molar-refractivity contribution in [2.45, 2.75) is 0 Å². The smallest absolute Gasteiger partial charge is 0.0184 e. The number of hydrogen-bond acceptors (Lipinski definition) is 0. The zero-order valence-corrected chi connectivity index (χ0v) is 6.85. The molecule has 0 nitrogen and oxygen atoms in total. The second-order valence-corrected chi connectivity index (χ2v) is 2.23. The first-order valence-corrected chi connectivity index (χ1v) is 3.91. The monoisotopic (exact) mass is 155 g/mol. The van der Waals surface area contributed by atoms with Crippen LogP contribution in [-0.4, -0.2) is 0 Å². The highest BCUT2D eigenvalue weighted by Gasteiger charge is 1.66. The van der Waals surface area contributed by atoms with E-state index in [-0.39, 0.29) is 0 Å². The van der Waals surface area contributed by atoms with Crippen molar-refractivity contribution < 1.29 is 0 Å². The van der Waals surface area contributed by atoms with Crippen LogP contribution in [0.1, 0.15) is 0 Å². The summed E-state index contributed by atoms with van der Waals surface area (Å²) in [5.41, 5.74) is 0. The Morgan fingerprint density at radius 1 is 0.500 bits per heavy atom. The quantitative estimate of drug-likeness (QED) is 0.504. The van der Waals surface area contributed by atoms with Crippen molar-refractivity contribution in [3.8, 4) is 0 Å². The molecule has 1 rings (SSSR count). The third-order valence-electron chi connectivity index (χ3n) is 1.27. The van der Waals surface area contributed by atoms with Gasteiger partial charge in [-0.3, -0.25) is 0 Å². The van der Waals surface area contributed by atoms with Crippen LogP contribution in [0.25, 0.3) is 0 Å². The highest BCUT2D eigenvalue weighted by molar-refractivity contribution is 5.21. The van der Waals surface area contributed by atoms with Gasteiger partial charge >= 0.3 is 0 Å². The standard InChI is InChI=1S/C12H11/c1-2-4-6-8-10-12-11-9-7-5-3-1/h1-11H/b2-1-,3-1?,4-2?,5-3+,6-4+,7-5?,8-6?,9-7-,10-8+,11-9?,12-10?,12-11?. The van der Waals surface area contributed by atoms with Crippen LogP contribution in [0.5, 0.6) is 0 Å².